The molecule has 2 aromatic rings. The van der Waals surface area contributed by atoms with Crippen LogP contribution in [0.1, 0.15) is 10.5 Å². The maximum atomic E-state index is 10.4. The topological polar surface area (TPSA) is 43.1 Å². The highest BCUT2D eigenvalue weighted by Crippen LogP contribution is 2.15. The molecule has 0 saturated heterocycles. The summed E-state index contributed by atoms with van der Waals surface area (Å²) >= 11 is 0. The first kappa shape index (κ1) is 6.09. The predicted octanol–water partition coefficient (Wildman–Crippen LogP) is 1.64. The van der Waals surface area contributed by atoms with E-state index in [0.29, 0.717) is 11.3 Å². The zero-order chi connectivity index (χ0) is 7.68. The number of fused-ring (bicyclic) bond motifs is 1. The molecule has 0 spiro atoms. The molecule has 0 bridgehead atoms. The average molecular weight is 147 g/mol. The van der Waals surface area contributed by atoms with E-state index in [9.17, 15) is 4.79 Å². The lowest BCUT2D eigenvalue weighted by Gasteiger charge is -1.88. The molecule has 0 atom stereocenters. The van der Waals surface area contributed by atoms with Gasteiger partial charge in [0.15, 0.2) is 6.29 Å². The Morgan fingerprint density at radius 2 is 2.36 bits per heavy atom. The molecule has 0 fully saturated rings. The molecule has 0 aliphatic carbocycles. The van der Waals surface area contributed by atoms with E-state index in [2.05, 4.69) is 4.98 Å². The van der Waals surface area contributed by atoms with Gasteiger partial charge in [0, 0.05) is 11.6 Å². The number of nitrogens with zero attached hydrogens (tertiary/aromatic N) is 1. The van der Waals surface area contributed by atoms with Crippen molar-refractivity contribution in [1.29, 1.82) is 0 Å². The molecule has 0 unspecified atom stereocenters. The summed E-state index contributed by atoms with van der Waals surface area (Å²) < 4.78 is 5.06. The van der Waals surface area contributed by atoms with Crippen molar-refractivity contribution in [2.45, 2.75) is 0 Å². The summed E-state index contributed by atoms with van der Waals surface area (Å²) in [7, 11) is 0. The lowest BCUT2D eigenvalue weighted by Crippen LogP contribution is -1.84. The molecule has 2 rings (SSSR count). The van der Waals surface area contributed by atoms with Gasteiger partial charge in [0.25, 0.3) is 0 Å². The van der Waals surface area contributed by atoms with Gasteiger partial charge in [-0.1, -0.05) is 0 Å². The van der Waals surface area contributed by atoms with Crippen LogP contribution in [0.3, 0.4) is 0 Å². The highest BCUT2D eigenvalue weighted by molar-refractivity contribution is 5.93. The van der Waals surface area contributed by atoms with Gasteiger partial charge in [-0.25, -0.2) is 0 Å². The molecular weight excluding hydrogens is 142 g/mol. The molecule has 0 aromatic carbocycles. The number of aldehydes is 1. The second-order valence-electron chi connectivity index (χ2n) is 2.15. The third kappa shape index (κ3) is 0.816. The molecule has 11 heavy (non-hydrogen) atoms. The van der Waals surface area contributed by atoms with Gasteiger partial charge in [0.2, 0.25) is 0 Å². The molecule has 3 nitrogen and oxygen atoms in total. The molecule has 0 aliphatic heterocycles. The molecule has 2 aromatic heterocycles. The van der Waals surface area contributed by atoms with Gasteiger partial charge < -0.3 is 4.42 Å². The van der Waals surface area contributed by atoms with E-state index < -0.39 is 0 Å². The van der Waals surface area contributed by atoms with Crippen molar-refractivity contribution in [1.82, 2.24) is 4.98 Å². The van der Waals surface area contributed by atoms with Gasteiger partial charge in [-0.3, -0.25) is 9.78 Å². The second kappa shape index (κ2) is 2.20. The number of pyridine rings is 1. The van der Waals surface area contributed by atoms with Gasteiger partial charge >= 0.3 is 0 Å². The molecule has 0 saturated carbocycles. The van der Waals surface area contributed by atoms with Gasteiger partial charge in [0.1, 0.15) is 11.3 Å². The first-order valence-electron chi connectivity index (χ1n) is 3.19. The standard InChI is InChI=1S/C8H5NO2/c10-5-7-6-2-4-11-8(6)1-3-9-7/h1-5H. The summed E-state index contributed by atoms with van der Waals surface area (Å²) in [6, 6.07) is 3.45. The van der Waals surface area contributed by atoms with E-state index in [-0.39, 0.29) is 0 Å². The molecule has 2 heterocycles. The lowest BCUT2D eigenvalue weighted by molar-refractivity contribution is 0.112. The van der Waals surface area contributed by atoms with Crippen LogP contribution in [-0.4, -0.2) is 11.3 Å². The Morgan fingerprint density at radius 3 is 3.18 bits per heavy atom. The highest BCUT2D eigenvalue weighted by atomic mass is 16.3. The van der Waals surface area contributed by atoms with Crippen molar-refractivity contribution in [2.24, 2.45) is 0 Å². The Hall–Kier alpha value is -1.64. The minimum Gasteiger partial charge on any atom is -0.464 e. The van der Waals surface area contributed by atoms with E-state index in [0.717, 1.165) is 11.7 Å². The van der Waals surface area contributed by atoms with Crippen LogP contribution < -0.4 is 0 Å². The summed E-state index contributed by atoms with van der Waals surface area (Å²) in [6.45, 7) is 0. The van der Waals surface area contributed by atoms with Crippen LogP contribution in [0.5, 0.6) is 0 Å². The normalized spacial score (nSPS) is 10.2. The third-order valence-corrected chi connectivity index (χ3v) is 1.52. The number of carbonyl (C=O) groups excluding carboxylic acids is 1. The number of hydrogen-bond acceptors (Lipinski definition) is 3. The fourth-order valence-corrected chi connectivity index (χ4v) is 1.01. The Labute approximate surface area is 62.7 Å². The fraction of sp³-hybridized carbons (Fsp3) is 0. The van der Waals surface area contributed by atoms with Crippen molar-refractivity contribution in [3.8, 4) is 0 Å². The van der Waals surface area contributed by atoms with Crippen LogP contribution >= 0.6 is 0 Å². The minimum atomic E-state index is 0.427. The third-order valence-electron chi connectivity index (χ3n) is 1.52. The number of aromatic nitrogens is 1. The largest absolute Gasteiger partial charge is 0.464 e. The Kier molecular flexibility index (Phi) is 1.22. The lowest BCUT2D eigenvalue weighted by atomic mass is 10.2. The number of hydrogen-bond donors (Lipinski definition) is 0. The van der Waals surface area contributed by atoms with Crippen molar-refractivity contribution in [3.63, 3.8) is 0 Å². The summed E-state index contributed by atoms with van der Waals surface area (Å²) in [6.07, 6.45) is 3.81. The van der Waals surface area contributed by atoms with Gasteiger partial charge in [-0.05, 0) is 12.1 Å². The van der Waals surface area contributed by atoms with Crippen LogP contribution in [0.25, 0.3) is 11.0 Å². The minimum absolute atomic E-state index is 0.427. The average Bonchev–Trinajstić information content (AvgIpc) is 2.50. The summed E-state index contributed by atoms with van der Waals surface area (Å²) in [5, 5.41) is 0.766. The number of carbonyl (C=O) groups is 1. The molecule has 54 valence electrons. The van der Waals surface area contributed by atoms with E-state index >= 15 is 0 Å². The van der Waals surface area contributed by atoms with E-state index in [1.165, 1.54) is 0 Å². The molecule has 0 radical (unpaired) electrons. The Morgan fingerprint density at radius 1 is 1.45 bits per heavy atom. The van der Waals surface area contributed by atoms with E-state index in [4.69, 9.17) is 4.42 Å². The molecule has 0 aliphatic rings. The number of furan rings is 1. The molecule has 3 heteroatoms. The van der Waals surface area contributed by atoms with Crippen molar-refractivity contribution < 1.29 is 9.21 Å². The highest BCUT2D eigenvalue weighted by Gasteiger charge is 2.01. The van der Waals surface area contributed by atoms with Crippen molar-refractivity contribution >= 4 is 17.3 Å². The van der Waals surface area contributed by atoms with Crippen molar-refractivity contribution in [3.05, 3.63) is 30.3 Å². The predicted molar refractivity (Wildman–Crippen MR) is 39.4 cm³/mol. The SMILES string of the molecule is O=Cc1nccc2occc12. The zero-order valence-electron chi connectivity index (χ0n) is 5.65. The summed E-state index contributed by atoms with van der Waals surface area (Å²) in [5.41, 5.74) is 1.12. The monoisotopic (exact) mass is 147 g/mol. The van der Waals surface area contributed by atoms with E-state index in [1.807, 2.05) is 0 Å². The second-order valence-corrected chi connectivity index (χ2v) is 2.15. The fourth-order valence-electron chi connectivity index (χ4n) is 1.01. The maximum absolute atomic E-state index is 10.4. The van der Waals surface area contributed by atoms with Crippen LogP contribution in [0.4, 0.5) is 0 Å². The molecule has 0 amide bonds. The van der Waals surface area contributed by atoms with Gasteiger partial charge in [-0.2, -0.15) is 0 Å². The van der Waals surface area contributed by atoms with Crippen LogP contribution in [0.2, 0.25) is 0 Å². The van der Waals surface area contributed by atoms with Gasteiger partial charge in [-0.15, -0.1) is 0 Å². The quantitative estimate of drug-likeness (QED) is 0.576. The summed E-state index contributed by atoms with van der Waals surface area (Å²) in [4.78, 5) is 14.3. The molecular formula is C8H5NO2. The van der Waals surface area contributed by atoms with Crippen LogP contribution in [-0.2, 0) is 0 Å². The van der Waals surface area contributed by atoms with Crippen LogP contribution in [0, 0.1) is 0 Å². The van der Waals surface area contributed by atoms with Crippen molar-refractivity contribution in [2.75, 3.05) is 0 Å². The zero-order valence-corrected chi connectivity index (χ0v) is 5.65. The van der Waals surface area contributed by atoms with Crippen LogP contribution in [0.15, 0.2) is 29.0 Å². The van der Waals surface area contributed by atoms with Gasteiger partial charge in [0.05, 0.1) is 6.26 Å². The Bertz CT molecular complexity index is 392. The first-order chi connectivity index (χ1) is 5.42. The Balaban J connectivity index is 2.88. The maximum Gasteiger partial charge on any atom is 0.169 e. The first-order valence-corrected chi connectivity index (χ1v) is 3.19. The van der Waals surface area contributed by atoms with E-state index in [1.54, 1.807) is 24.6 Å². The number of rotatable bonds is 1. The summed E-state index contributed by atoms with van der Waals surface area (Å²) in [5.74, 6) is 0. The smallest absolute Gasteiger partial charge is 0.169 e. The molecule has 0 N–H and O–H groups in total.